The predicted octanol–water partition coefficient (Wildman–Crippen LogP) is 13.0. The SMILES string of the molecule is c1ccc(-c2nc(-c3ccc(-n4c5cc(-c6ccccn6)cc6c5c5c7c(cccc7ccc54)-c4ccccc4-6)cc3)nc(-c3ccc4ccccc4c3)n2)cc1. The molecule has 0 amide bonds. The highest BCUT2D eigenvalue weighted by atomic mass is 15.0. The van der Waals surface area contributed by atoms with Gasteiger partial charge in [-0.2, -0.15) is 0 Å². The Morgan fingerprint density at radius 1 is 0.333 bits per heavy atom. The van der Waals surface area contributed by atoms with E-state index >= 15 is 0 Å². The second-order valence-corrected chi connectivity index (χ2v) is 14.7. The fourth-order valence-corrected chi connectivity index (χ4v) is 8.79. The van der Waals surface area contributed by atoms with Gasteiger partial charge >= 0.3 is 0 Å². The molecule has 0 N–H and O–H groups in total. The van der Waals surface area contributed by atoms with Crippen molar-refractivity contribution < 1.29 is 0 Å². The fourth-order valence-electron chi connectivity index (χ4n) is 8.79. The molecule has 5 heteroatoms. The highest BCUT2D eigenvalue weighted by Crippen LogP contribution is 2.50. The van der Waals surface area contributed by atoms with E-state index in [4.69, 9.17) is 19.9 Å². The van der Waals surface area contributed by atoms with Gasteiger partial charge in [-0.3, -0.25) is 4.98 Å². The summed E-state index contributed by atoms with van der Waals surface area (Å²) in [6.45, 7) is 0. The van der Waals surface area contributed by atoms with Crippen molar-refractivity contribution in [3.63, 3.8) is 0 Å². The quantitative estimate of drug-likeness (QED) is 0.177. The number of aromatic nitrogens is 5. The fraction of sp³-hybridized carbons (Fsp3) is 0. The van der Waals surface area contributed by atoms with E-state index in [-0.39, 0.29) is 0 Å². The van der Waals surface area contributed by atoms with Crippen LogP contribution in [0.4, 0.5) is 0 Å². The summed E-state index contributed by atoms with van der Waals surface area (Å²) < 4.78 is 2.41. The summed E-state index contributed by atoms with van der Waals surface area (Å²) in [5, 5.41) is 7.36. The van der Waals surface area contributed by atoms with Crippen molar-refractivity contribution in [2.24, 2.45) is 0 Å². The number of hydrogen-bond donors (Lipinski definition) is 0. The molecule has 3 heterocycles. The van der Waals surface area contributed by atoms with Crippen LogP contribution in [0.2, 0.25) is 0 Å². The summed E-state index contributed by atoms with van der Waals surface area (Å²) >= 11 is 0. The Morgan fingerprint density at radius 3 is 1.75 bits per heavy atom. The van der Waals surface area contributed by atoms with Gasteiger partial charge in [-0.15, -0.1) is 0 Å². The molecule has 0 saturated heterocycles. The van der Waals surface area contributed by atoms with Crippen LogP contribution in [0.15, 0.2) is 188 Å². The predicted molar refractivity (Wildman–Crippen MR) is 233 cm³/mol. The maximum absolute atomic E-state index is 5.09. The number of hydrogen-bond acceptors (Lipinski definition) is 4. The van der Waals surface area contributed by atoms with Crippen LogP contribution in [0.5, 0.6) is 0 Å². The Balaban J connectivity index is 1.08. The Kier molecular flexibility index (Phi) is 6.86. The van der Waals surface area contributed by atoms with E-state index in [0.29, 0.717) is 17.5 Å². The Hall–Kier alpha value is -7.76. The number of nitrogens with zero attached hydrogens (tertiary/aromatic N) is 5. The second kappa shape index (κ2) is 12.4. The Morgan fingerprint density at radius 2 is 0.965 bits per heavy atom. The first-order chi connectivity index (χ1) is 28.2. The van der Waals surface area contributed by atoms with Crippen LogP contribution in [0.1, 0.15) is 0 Å². The molecule has 0 bridgehead atoms. The molecule has 5 nitrogen and oxygen atoms in total. The third kappa shape index (κ3) is 4.96. The van der Waals surface area contributed by atoms with E-state index in [1.165, 1.54) is 49.2 Å². The molecule has 57 heavy (non-hydrogen) atoms. The van der Waals surface area contributed by atoms with E-state index in [2.05, 4.69) is 150 Å². The van der Waals surface area contributed by atoms with E-state index in [9.17, 15) is 0 Å². The van der Waals surface area contributed by atoms with Crippen molar-refractivity contribution in [1.29, 1.82) is 0 Å². The standard InChI is InChI=1S/C52H31N5/c1-2-12-34(13-3-1)50-54-51(56-52(55-50)37-21-20-32-11-4-5-14-36(32)29-37)35-22-25-39(26-23-35)57-45-27-24-33-15-10-18-42-40-16-6-7-17-41(40)43-30-38(44-19-8-9-28-53-44)31-46(57)48(43)49(45)47(33)42/h1-31H. The maximum Gasteiger partial charge on any atom is 0.164 e. The van der Waals surface area contributed by atoms with Crippen LogP contribution in [0, 0.1) is 0 Å². The molecule has 0 fully saturated rings. The van der Waals surface area contributed by atoms with Gasteiger partial charge in [0.2, 0.25) is 0 Å². The van der Waals surface area contributed by atoms with Crippen molar-refractivity contribution in [3.8, 4) is 73.4 Å². The molecule has 11 aromatic rings. The molecule has 1 aliphatic rings. The summed E-state index contributed by atoms with van der Waals surface area (Å²) in [4.78, 5) is 19.9. The average Bonchev–Trinajstić information content (AvgIpc) is 3.57. The van der Waals surface area contributed by atoms with Gasteiger partial charge in [0.15, 0.2) is 17.5 Å². The smallest absolute Gasteiger partial charge is 0.164 e. The average molecular weight is 726 g/mol. The van der Waals surface area contributed by atoms with Crippen LogP contribution in [0.25, 0.3) is 117 Å². The number of fused-ring (bicyclic) bond motifs is 4. The molecule has 1 aliphatic carbocycles. The lowest BCUT2D eigenvalue weighted by Gasteiger charge is -2.15. The molecular weight excluding hydrogens is 695 g/mol. The monoisotopic (exact) mass is 725 g/mol. The van der Waals surface area contributed by atoms with Gasteiger partial charge in [-0.1, -0.05) is 121 Å². The van der Waals surface area contributed by atoms with Crippen LogP contribution >= 0.6 is 0 Å². The second-order valence-electron chi connectivity index (χ2n) is 14.7. The lowest BCUT2D eigenvalue weighted by atomic mass is 9.92. The summed E-state index contributed by atoms with van der Waals surface area (Å²) in [6, 6.07) is 64.4. The number of benzene rings is 8. The lowest BCUT2D eigenvalue weighted by Crippen LogP contribution is -2.00. The normalized spacial score (nSPS) is 11.9. The van der Waals surface area contributed by atoms with Crippen LogP contribution in [0.3, 0.4) is 0 Å². The third-order valence-electron chi connectivity index (χ3n) is 11.4. The van der Waals surface area contributed by atoms with Gasteiger partial charge in [-0.05, 0) is 104 Å². The molecule has 12 rings (SSSR count). The van der Waals surface area contributed by atoms with E-state index in [0.717, 1.165) is 50.1 Å². The van der Waals surface area contributed by atoms with Crippen molar-refractivity contribution in [1.82, 2.24) is 24.5 Å². The van der Waals surface area contributed by atoms with Crippen LogP contribution in [-0.4, -0.2) is 24.5 Å². The summed E-state index contributed by atoms with van der Waals surface area (Å²) in [6.07, 6.45) is 1.87. The largest absolute Gasteiger partial charge is 0.309 e. The minimum atomic E-state index is 0.627. The van der Waals surface area contributed by atoms with Crippen LogP contribution < -0.4 is 0 Å². The highest BCUT2D eigenvalue weighted by Gasteiger charge is 2.26. The Bertz CT molecular complexity index is 3390. The molecule has 3 aromatic heterocycles. The molecule has 0 spiro atoms. The van der Waals surface area contributed by atoms with Gasteiger partial charge in [0, 0.05) is 44.9 Å². The Labute approximate surface area is 328 Å². The number of pyridine rings is 1. The molecule has 264 valence electrons. The van der Waals surface area contributed by atoms with Gasteiger partial charge in [-0.25, -0.2) is 15.0 Å². The molecule has 0 aliphatic heterocycles. The van der Waals surface area contributed by atoms with Gasteiger partial charge in [0.05, 0.1) is 16.7 Å². The first-order valence-electron chi connectivity index (χ1n) is 19.2. The summed E-state index contributed by atoms with van der Waals surface area (Å²) in [5.74, 6) is 1.91. The van der Waals surface area contributed by atoms with Crippen molar-refractivity contribution in [2.75, 3.05) is 0 Å². The molecule has 0 unspecified atom stereocenters. The number of rotatable bonds is 5. The molecular formula is C52H31N5. The molecule has 0 saturated carbocycles. The maximum atomic E-state index is 5.09. The minimum absolute atomic E-state index is 0.627. The van der Waals surface area contributed by atoms with Gasteiger partial charge in [0.25, 0.3) is 0 Å². The third-order valence-corrected chi connectivity index (χ3v) is 11.4. The molecule has 8 aromatic carbocycles. The van der Waals surface area contributed by atoms with Crippen molar-refractivity contribution >= 4 is 43.4 Å². The molecule has 0 atom stereocenters. The lowest BCUT2D eigenvalue weighted by molar-refractivity contribution is 1.07. The zero-order valence-corrected chi connectivity index (χ0v) is 30.6. The first-order valence-corrected chi connectivity index (χ1v) is 19.2. The summed E-state index contributed by atoms with van der Waals surface area (Å²) in [5.41, 5.74) is 13.1. The topological polar surface area (TPSA) is 56.5 Å². The highest BCUT2D eigenvalue weighted by molar-refractivity contribution is 6.30. The zero-order valence-electron chi connectivity index (χ0n) is 30.6. The van der Waals surface area contributed by atoms with Crippen LogP contribution in [-0.2, 0) is 0 Å². The molecule has 0 radical (unpaired) electrons. The van der Waals surface area contributed by atoms with Gasteiger partial charge < -0.3 is 4.57 Å². The van der Waals surface area contributed by atoms with Crippen molar-refractivity contribution in [3.05, 3.63) is 188 Å². The summed E-state index contributed by atoms with van der Waals surface area (Å²) in [7, 11) is 0. The van der Waals surface area contributed by atoms with E-state index < -0.39 is 0 Å². The minimum Gasteiger partial charge on any atom is -0.309 e. The zero-order chi connectivity index (χ0) is 37.5. The van der Waals surface area contributed by atoms with Gasteiger partial charge in [0.1, 0.15) is 0 Å². The van der Waals surface area contributed by atoms with E-state index in [1.807, 2.05) is 42.6 Å². The van der Waals surface area contributed by atoms with E-state index in [1.54, 1.807) is 0 Å². The van der Waals surface area contributed by atoms with Crippen molar-refractivity contribution in [2.45, 2.75) is 0 Å². The first kappa shape index (κ1) is 31.6.